The van der Waals surface area contributed by atoms with Crippen LogP contribution in [0.3, 0.4) is 0 Å². The van der Waals surface area contributed by atoms with Gasteiger partial charge < -0.3 is 15.0 Å². The fraction of sp³-hybridized carbons (Fsp3) is 0.235. The third kappa shape index (κ3) is 4.84. The second kappa shape index (κ2) is 7.59. The summed E-state index contributed by atoms with van der Waals surface area (Å²) in [6.07, 6.45) is -4.68. The van der Waals surface area contributed by atoms with Gasteiger partial charge in [-0.1, -0.05) is 0 Å². The molecule has 1 N–H and O–H groups in total. The topological polar surface area (TPSA) is 41.6 Å². The summed E-state index contributed by atoms with van der Waals surface area (Å²) in [5.74, 6) is -3.16. The summed E-state index contributed by atoms with van der Waals surface area (Å²) in [6.45, 7) is -0.741. The highest BCUT2D eigenvalue weighted by molar-refractivity contribution is 5.93. The molecule has 4 nitrogen and oxygen atoms in total. The second-order valence-corrected chi connectivity index (χ2v) is 5.53. The zero-order valence-electron chi connectivity index (χ0n) is 13.8. The molecule has 0 unspecified atom stereocenters. The minimum atomic E-state index is -4.68. The zero-order valence-corrected chi connectivity index (χ0v) is 13.8. The van der Waals surface area contributed by atoms with Crippen LogP contribution in [0.1, 0.15) is 5.56 Å². The Labute approximate surface area is 146 Å². The molecule has 1 amide bonds. The smallest absolute Gasteiger partial charge is 0.418 e. The summed E-state index contributed by atoms with van der Waals surface area (Å²) >= 11 is 0. The SMILES string of the molecule is CN(C)c1ccc(NC(=O)COc2ccc(F)cc2F)c(C(F)(F)F)c1. The Hall–Kier alpha value is -2.84. The number of hydrogen-bond donors (Lipinski definition) is 1. The first kappa shape index (κ1) is 19.5. The van der Waals surface area contributed by atoms with Crippen LogP contribution in [0.15, 0.2) is 36.4 Å². The van der Waals surface area contributed by atoms with E-state index < -0.39 is 41.6 Å². The molecule has 0 saturated carbocycles. The Balaban J connectivity index is 2.13. The molecular formula is C17H15F5N2O2. The molecule has 0 radical (unpaired) electrons. The number of carbonyl (C=O) groups is 1. The first-order chi connectivity index (χ1) is 12.1. The molecule has 0 heterocycles. The maximum Gasteiger partial charge on any atom is 0.418 e. The van der Waals surface area contributed by atoms with E-state index in [1.807, 2.05) is 0 Å². The number of ether oxygens (including phenoxy) is 1. The number of hydrogen-bond acceptors (Lipinski definition) is 3. The van der Waals surface area contributed by atoms with E-state index in [9.17, 15) is 26.7 Å². The molecule has 0 atom stereocenters. The molecule has 0 aliphatic heterocycles. The Morgan fingerprint density at radius 1 is 1.12 bits per heavy atom. The average molecular weight is 374 g/mol. The maximum absolute atomic E-state index is 13.4. The van der Waals surface area contributed by atoms with E-state index in [4.69, 9.17) is 4.74 Å². The fourth-order valence-electron chi connectivity index (χ4n) is 2.08. The van der Waals surface area contributed by atoms with E-state index in [1.54, 1.807) is 14.1 Å². The number of benzene rings is 2. The largest absolute Gasteiger partial charge is 0.481 e. The van der Waals surface area contributed by atoms with Crippen LogP contribution in [0, 0.1) is 11.6 Å². The van der Waals surface area contributed by atoms with Gasteiger partial charge in [0.05, 0.1) is 11.3 Å². The molecule has 0 spiro atoms. The van der Waals surface area contributed by atoms with E-state index >= 15 is 0 Å². The normalized spacial score (nSPS) is 11.2. The van der Waals surface area contributed by atoms with E-state index in [-0.39, 0.29) is 5.75 Å². The standard InChI is InChI=1S/C17H15F5N2O2/c1-24(2)11-4-5-14(12(8-11)17(20,21)22)23-16(25)9-26-15-6-3-10(18)7-13(15)19/h3-8H,9H2,1-2H3,(H,23,25). The van der Waals surface area contributed by atoms with Gasteiger partial charge in [-0.2, -0.15) is 13.2 Å². The minimum absolute atomic E-state index is 0.306. The zero-order chi connectivity index (χ0) is 19.5. The molecule has 2 aromatic carbocycles. The summed E-state index contributed by atoms with van der Waals surface area (Å²) in [6, 6.07) is 5.90. The van der Waals surface area contributed by atoms with Crippen molar-refractivity contribution in [2.75, 3.05) is 30.9 Å². The number of rotatable bonds is 5. The first-order valence-corrected chi connectivity index (χ1v) is 7.34. The second-order valence-electron chi connectivity index (χ2n) is 5.53. The van der Waals surface area contributed by atoms with Crippen molar-refractivity contribution in [1.82, 2.24) is 0 Å². The lowest BCUT2D eigenvalue weighted by Gasteiger charge is -2.18. The van der Waals surface area contributed by atoms with Crippen LogP contribution in [0.4, 0.5) is 33.3 Å². The summed E-state index contributed by atoms with van der Waals surface area (Å²) in [7, 11) is 3.16. The van der Waals surface area contributed by atoms with Crippen molar-refractivity contribution in [2.24, 2.45) is 0 Å². The minimum Gasteiger partial charge on any atom is -0.481 e. The summed E-state index contributed by atoms with van der Waals surface area (Å²) in [4.78, 5) is 13.3. The van der Waals surface area contributed by atoms with Gasteiger partial charge in [0.1, 0.15) is 5.82 Å². The van der Waals surface area contributed by atoms with Gasteiger partial charge in [0, 0.05) is 25.8 Å². The van der Waals surface area contributed by atoms with Crippen LogP contribution >= 0.6 is 0 Å². The predicted octanol–water partition coefficient (Wildman–Crippen LogP) is 4.07. The number of amides is 1. The average Bonchev–Trinajstić information content (AvgIpc) is 2.53. The Morgan fingerprint density at radius 2 is 1.81 bits per heavy atom. The molecule has 9 heteroatoms. The molecule has 140 valence electrons. The summed E-state index contributed by atoms with van der Waals surface area (Å²) < 4.78 is 70.7. The molecule has 2 aromatic rings. The van der Waals surface area contributed by atoms with Gasteiger partial charge in [0.25, 0.3) is 5.91 Å². The third-order valence-electron chi connectivity index (χ3n) is 3.35. The molecule has 0 fully saturated rings. The first-order valence-electron chi connectivity index (χ1n) is 7.34. The Bertz CT molecular complexity index is 806. The van der Waals surface area contributed by atoms with Crippen molar-refractivity contribution in [3.8, 4) is 5.75 Å². The van der Waals surface area contributed by atoms with Gasteiger partial charge in [-0.05, 0) is 30.3 Å². The number of anilines is 2. The van der Waals surface area contributed by atoms with Gasteiger partial charge in [0.2, 0.25) is 0 Å². The number of nitrogens with zero attached hydrogens (tertiary/aromatic N) is 1. The van der Waals surface area contributed by atoms with Crippen LogP contribution in [0.25, 0.3) is 0 Å². The van der Waals surface area contributed by atoms with E-state index in [2.05, 4.69) is 5.32 Å². The molecule has 0 saturated heterocycles. The summed E-state index contributed by atoms with van der Waals surface area (Å²) in [5, 5.41) is 2.09. The molecule has 0 bridgehead atoms. The van der Waals surface area contributed by atoms with Gasteiger partial charge in [0.15, 0.2) is 18.2 Å². The van der Waals surface area contributed by atoms with Crippen molar-refractivity contribution >= 4 is 17.3 Å². The fourth-order valence-corrected chi connectivity index (χ4v) is 2.08. The van der Waals surface area contributed by atoms with Crippen molar-refractivity contribution in [3.05, 3.63) is 53.6 Å². The molecular weight excluding hydrogens is 359 g/mol. The summed E-state index contributed by atoms with van der Waals surface area (Å²) in [5.41, 5.74) is -1.17. The molecule has 26 heavy (non-hydrogen) atoms. The number of nitrogens with one attached hydrogen (secondary N) is 1. The number of carbonyl (C=O) groups excluding carboxylic acids is 1. The van der Waals surface area contributed by atoms with Crippen LogP contribution in [-0.2, 0) is 11.0 Å². The Kier molecular flexibility index (Phi) is 5.69. The van der Waals surface area contributed by atoms with Gasteiger partial charge >= 0.3 is 6.18 Å². The molecule has 2 rings (SSSR count). The van der Waals surface area contributed by atoms with Crippen molar-refractivity contribution in [1.29, 1.82) is 0 Å². The van der Waals surface area contributed by atoms with E-state index in [1.165, 1.54) is 11.0 Å². The highest BCUT2D eigenvalue weighted by atomic mass is 19.4. The number of alkyl halides is 3. The van der Waals surface area contributed by atoms with Gasteiger partial charge in [-0.25, -0.2) is 8.78 Å². The van der Waals surface area contributed by atoms with Crippen molar-refractivity contribution in [2.45, 2.75) is 6.18 Å². The Morgan fingerprint density at radius 3 is 2.38 bits per heavy atom. The van der Waals surface area contributed by atoms with Gasteiger partial charge in [-0.3, -0.25) is 4.79 Å². The maximum atomic E-state index is 13.4. The molecule has 0 aliphatic rings. The monoisotopic (exact) mass is 374 g/mol. The number of halogens is 5. The van der Waals surface area contributed by atoms with Crippen LogP contribution in [0.5, 0.6) is 5.75 Å². The van der Waals surface area contributed by atoms with E-state index in [0.717, 1.165) is 24.3 Å². The third-order valence-corrected chi connectivity index (χ3v) is 3.35. The predicted molar refractivity (Wildman–Crippen MR) is 86.3 cm³/mol. The molecule has 0 aromatic heterocycles. The van der Waals surface area contributed by atoms with Crippen LogP contribution < -0.4 is 15.0 Å². The van der Waals surface area contributed by atoms with Crippen molar-refractivity contribution < 1.29 is 31.5 Å². The van der Waals surface area contributed by atoms with Crippen LogP contribution in [-0.4, -0.2) is 26.6 Å². The van der Waals surface area contributed by atoms with Gasteiger partial charge in [-0.15, -0.1) is 0 Å². The van der Waals surface area contributed by atoms with Crippen LogP contribution in [0.2, 0.25) is 0 Å². The molecule has 0 aliphatic carbocycles. The highest BCUT2D eigenvalue weighted by Gasteiger charge is 2.34. The lowest BCUT2D eigenvalue weighted by Crippen LogP contribution is -2.23. The van der Waals surface area contributed by atoms with E-state index in [0.29, 0.717) is 11.8 Å². The highest BCUT2D eigenvalue weighted by Crippen LogP contribution is 2.37. The quantitative estimate of drug-likeness (QED) is 0.803. The lowest BCUT2D eigenvalue weighted by atomic mass is 10.1. The lowest BCUT2D eigenvalue weighted by molar-refractivity contribution is -0.137. The van der Waals surface area contributed by atoms with Crippen molar-refractivity contribution in [3.63, 3.8) is 0 Å².